The van der Waals surface area contributed by atoms with Crippen LogP contribution in [0.1, 0.15) is 39.2 Å². The van der Waals surface area contributed by atoms with Crippen LogP contribution in [-0.2, 0) is 10.2 Å². The average Bonchev–Trinajstić information content (AvgIpc) is 2.99. The van der Waals surface area contributed by atoms with Gasteiger partial charge in [-0.15, -0.1) is 0 Å². The number of carboxylic acid groups (broad SMARTS) is 1. The Kier molecular flexibility index (Phi) is 8.33. The maximum Gasteiger partial charge on any atom is 0.313 e. The number of carbonyl (C=O) groups is 1. The van der Waals surface area contributed by atoms with Gasteiger partial charge in [-0.2, -0.15) is 0 Å². The molecule has 9 heteroatoms. The maximum absolute atomic E-state index is 11.8. The van der Waals surface area contributed by atoms with Gasteiger partial charge in [0.1, 0.15) is 17.7 Å². The molecule has 0 bridgehead atoms. The predicted molar refractivity (Wildman–Crippen MR) is 159 cm³/mol. The molecule has 1 saturated heterocycles. The second-order valence-corrected chi connectivity index (χ2v) is 10.5. The first-order chi connectivity index (χ1) is 19.8. The lowest BCUT2D eigenvalue weighted by atomic mass is 9.84. The first-order valence-electron chi connectivity index (χ1n) is 13.9. The van der Waals surface area contributed by atoms with E-state index in [4.69, 9.17) is 19.4 Å². The van der Waals surface area contributed by atoms with Crippen molar-refractivity contribution in [1.82, 2.24) is 15.0 Å². The molecule has 41 heavy (non-hydrogen) atoms. The lowest BCUT2D eigenvalue weighted by molar-refractivity contribution is -0.142. The summed E-state index contributed by atoms with van der Waals surface area (Å²) in [5.41, 5.74) is 1.27. The van der Waals surface area contributed by atoms with Gasteiger partial charge in [0, 0.05) is 12.1 Å². The molecule has 0 amide bonds. The fourth-order valence-corrected chi connectivity index (χ4v) is 4.80. The van der Waals surface area contributed by atoms with Gasteiger partial charge in [-0.25, -0.2) is 9.97 Å². The van der Waals surface area contributed by atoms with Gasteiger partial charge in [0.05, 0.1) is 36.7 Å². The second-order valence-electron chi connectivity index (χ2n) is 10.5. The molecular formula is C32H35N5O4. The fraction of sp³-hybridized carbons (Fsp3) is 0.312. The average molecular weight is 554 g/mol. The van der Waals surface area contributed by atoms with Crippen molar-refractivity contribution in [2.75, 3.05) is 29.9 Å². The molecule has 2 aromatic carbocycles. The Bertz CT molecular complexity index is 1510. The molecule has 0 saturated carbocycles. The molecule has 2 aromatic heterocycles. The highest BCUT2D eigenvalue weighted by atomic mass is 16.5. The van der Waals surface area contributed by atoms with Crippen molar-refractivity contribution in [3.05, 3.63) is 84.7 Å². The van der Waals surface area contributed by atoms with Crippen molar-refractivity contribution in [2.45, 2.75) is 45.1 Å². The molecule has 0 unspecified atom stereocenters. The van der Waals surface area contributed by atoms with Crippen LogP contribution < -0.4 is 19.7 Å². The van der Waals surface area contributed by atoms with Gasteiger partial charge >= 0.3 is 5.97 Å². The smallest absolute Gasteiger partial charge is 0.313 e. The molecule has 212 valence electrons. The second kappa shape index (κ2) is 12.2. The van der Waals surface area contributed by atoms with Crippen molar-refractivity contribution >= 4 is 23.4 Å². The predicted octanol–water partition coefficient (Wildman–Crippen LogP) is 6.09. The summed E-state index contributed by atoms with van der Waals surface area (Å²) in [6.45, 7) is 7.49. The number of anilines is 3. The van der Waals surface area contributed by atoms with Crippen molar-refractivity contribution in [3.63, 3.8) is 0 Å². The number of piperidine rings is 1. The molecule has 5 rings (SSSR count). The Morgan fingerprint density at radius 2 is 1.83 bits per heavy atom. The third-order valence-corrected chi connectivity index (χ3v) is 7.19. The van der Waals surface area contributed by atoms with Crippen molar-refractivity contribution in [2.24, 2.45) is 0 Å². The molecule has 0 spiro atoms. The third kappa shape index (κ3) is 6.57. The van der Waals surface area contributed by atoms with Crippen LogP contribution in [0.15, 0.2) is 79.1 Å². The maximum atomic E-state index is 11.8. The number of hydrogen-bond donors (Lipinski definition) is 2. The van der Waals surface area contributed by atoms with E-state index in [2.05, 4.69) is 15.2 Å². The minimum atomic E-state index is -1.01. The number of pyridine rings is 1. The largest absolute Gasteiger partial charge is 0.490 e. The van der Waals surface area contributed by atoms with E-state index < -0.39 is 11.4 Å². The van der Waals surface area contributed by atoms with Crippen LogP contribution in [0.4, 0.5) is 17.5 Å². The molecule has 2 N–H and O–H groups in total. The third-order valence-electron chi connectivity index (χ3n) is 7.19. The van der Waals surface area contributed by atoms with E-state index in [-0.39, 0.29) is 6.10 Å². The van der Waals surface area contributed by atoms with Crippen LogP contribution in [0.3, 0.4) is 0 Å². The summed E-state index contributed by atoms with van der Waals surface area (Å²) in [7, 11) is 0. The number of aromatic nitrogens is 3. The highest BCUT2D eigenvalue weighted by Crippen LogP contribution is 2.31. The number of nitrogens with one attached hydrogen (secondary N) is 1. The lowest BCUT2D eigenvalue weighted by Crippen LogP contribution is -2.41. The van der Waals surface area contributed by atoms with Gasteiger partial charge in [-0.05, 0) is 69.5 Å². The molecule has 1 aliphatic heterocycles. The number of rotatable bonds is 10. The van der Waals surface area contributed by atoms with Gasteiger partial charge in [0.15, 0.2) is 17.3 Å². The SMILES string of the molecule is CCOc1ccccc1O[C@@H]1CCCN(c2cncc(Nc3cccc(-c4cccc(C(C)(C)C(=O)O)c4)n3)n2)C1. The topological polar surface area (TPSA) is 110 Å². The molecule has 1 fully saturated rings. The van der Waals surface area contributed by atoms with Crippen molar-refractivity contribution < 1.29 is 19.4 Å². The highest BCUT2D eigenvalue weighted by molar-refractivity contribution is 5.81. The zero-order chi connectivity index (χ0) is 28.8. The van der Waals surface area contributed by atoms with E-state index in [0.717, 1.165) is 48.0 Å². The molecule has 0 aliphatic carbocycles. The number of ether oxygens (including phenoxy) is 2. The van der Waals surface area contributed by atoms with Crippen molar-refractivity contribution in [1.29, 1.82) is 0 Å². The van der Waals surface area contributed by atoms with E-state index in [1.165, 1.54) is 0 Å². The van der Waals surface area contributed by atoms with E-state index in [1.807, 2.05) is 73.7 Å². The minimum Gasteiger partial charge on any atom is -0.490 e. The summed E-state index contributed by atoms with van der Waals surface area (Å²) in [5, 5.41) is 12.9. The summed E-state index contributed by atoms with van der Waals surface area (Å²) in [6, 6.07) is 20.9. The molecule has 1 aliphatic rings. The molecule has 4 aromatic rings. The zero-order valence-corrected chi connectivity index (χ0v) is 23.6. The Hall–Kier alpha value is -4.66. The number of carboxylic acids is 1. The fourth-order valence-electron chi connectivity index (χ4n) is 4.80. The van der Waals surface area contributed by atoms with Gasteiger partial charge < -0.3 is 24.8 Å². The Morgan fingerprint density at radius 3 is 2.63 bits per heavy atom. The molecule has 1 atom stereocenters. The number of para-hydroxylation sites is 2. The van der Waals surface area contributed by atoms with Crippen LogP contribution in [0.2, 0.25) is 0 Å². The van der Waals surface area contributed by atoms with Gasteiger partial charge in [0.25, 0.3) is 0 Å². The Labute approximate surface area is 240 Å². The summed E-state index contributed by atoms with van der Waals surface area (Å²) in [5.74, 6) is 2.59. The normalized spacial score (nSPS) is 15.3. The van der Waals surface area contributed by atoms with Crippen LogP contribution in [0.25, 0.3) is 11.3 Å². The number of nitrogens with zero attached hydrogens (tertiary/aromatic N) is 4. The van der Waals surface area contributed by atoms with Gasteiger partial charge in [-0.3, -0.25) is 9.78 Å². The molecule has 0 radical (unpaired) electrons. The quantitative estimate of drug-likeness (QED) is 0.241. The molecular weight excluding hydrogens is 518 g/mol. The van der Waals surface area contributed by atoms with Crippen LogP contribution in [0.5, 0.6) is 11.5 Å². The number of aliphatic carboxylic acids is 1. The van der Waals surface area contributed by atoms with Gasteiger partial charge in [-0.1, -0.05) is 36.4 Å². The number of hydrogen-bond acceptors (Lipinski definition) is 8. The summed E-state index contributed by atoms with van der Waals surface area (Å²) in [6.07, 6.45) is 5.36. The molecule has 3 heterocycles. The van der Waals surface area contributed by atoms with Crippen LogP contribution in [0, 0.1) is 0 Å². The van der Waals surface area contributed by atoms with Gasteiger partial charge in [0.2, 0.25) is 0 Å². The zero-order valence-electron chi connectivity index (χ0n) is 23.6. The van der Waals surface area contributed by atoms with Crippen molar-refractivity contribution in [3.8, 4) is 22.8 Å². The highest BCUT2D eigenvalue weighted by Gasteiger charge is 2.29. The lowest BCUT2D eigenvalue weighted by Gasteiger charge is -2.33. The monoisotopic (exact) mass is 553 g/mol. The standard InChI is InChI=1S/C32H35N5O4/c1-4-40-26-14-5-6-15-27(26)41-24-12-9-17-37(21-24)30-20-33-19-29(36-30)35-28-16-8-13-25(34-28)22-10-7-11-23(18-22)32(2,3)31(38)39/h5-8,10-11,13-16,18-20,24H,4,9,12,17,21H2,1-3H3,(H,38,39)(H,34,35,36)/t24-/m1/s1. The Balaban J connectivity index is 1.29. The minimum absolute atomic E-state index is 0.00369. The summed E-state index contributed by atoms with van der Waals surface area (Å²) < 4.78 is 12.1. The number of benzene rings is 2. The molecule has 9 nitrogen and oxygen atoms in total. The Morgan fingerprint density at radius 1 is 1.02 bits per heavy atom. The van der Waals surface area contributed by atoms with Crippen LogP contribution >= 0.6 is 0 Å². The first-order valence-corrected chi connectivity index (χ1v) is 13.9. The van der Waals surface area contributed by atoms with E-state index in [1.54, 1.807) is 26.2 Å². The van der Waals surface area contributed by atoms with Crippen LogP contribution in [-0.4, -0.2) is 51.8 Å². The van der Waals surface area contributed by atoms with E-state index >= 15 is 0 Å². The van der Waals surface area contributed by atoms with E-state index in [0.29, 0.717) is 30.4 Å². The first kappa shape index (κ1) is 27.9. The summed E-state index contributed by atoms with van der Waals surface area (Å²) in [4.78, 5) is 27.9. The van der Waals surface area contributed by atoms with E-state index in [9.17, 15) is 9.90 Å². The summed E-state index contributed by atoms with van der Waals surface area (Å²) >= 11 is 0.